The van der Waals surface area contributed by atoms with E-state index in [4.69, 9.17) is 26.7 Å². The van der Waals surface area contributed by atoms with Crippen LogP contribution < -0.4 is 22.5 Å². The van der Waals surface area contributed by atoms with Gasteiger partial charge >= 0.3 is 0 Å². The Bertz CT molecular complexity index is 675. The molecule has 0 aromatic carbocycles. The van der Waals surface area contributed by atoms with Crippen molar-refractivity contribution >= 4 is 11.9 Å². The lowest BCUT2D eigenvalue weighted by Crippen LogP contribution is -2.45. The van der Waals surface area contributed by atoms with Crippen LogP contribution in [-0.2, 0) is 14.3 Å². The van der Waals surface area contributed by atoms with E-state index in [9.17, 15) is 4.79 Å². The van der Waals surface area contributed by atoms with Crippen LogP contribution in [0.2, 0.25) is 0 Å². The van der Waals surface area contributed by atoms with Gasteiger partial charge in [0, 0.05) is 26.3 Å². The Labute approximate surface area is 291 Å². The summed E-state index contributed by atoms with van der Waals surface area (Å²) in [5.41, 5.74) is 16.8. The SMILES string of the molecule is CCCCCCCCCCCCCCCCCCOCC(CNC(=O)[C@@H](N)CCCN=C(N)N)OCCCCCCCCCCCC. The van der Waals surface area contributed by atoms with Gasteiger partial charge in [-0.15, -0.1) is 0 Å². The van der Waals surface area contributed by atoms with Gasteiger partial charge in [0.15, 0.2) is 5.96 Å². The summed E-state index contributed by atoms with van der Waals surface area (Å²) in [6.07, 6.45) is 35.8. The maximum atomic E-state index is 12.6. The first-order valence-corrected chi connectivity index (χ1v) is 20.3. The minimum Gasteiger partial charge on any atom is -0.379 e. The lowest BCUT2D eigenvalue weighted by Gasteiger charge is -2.20. The molecule has 0 saturated carbocycles. The van der Waals surface area contributed by atoms with Gasteiger partial charge in [-0.25, -0.2) is 0 Å². The van der Waals surface area contributed by atoms with Gasteiger partial charge < -0.3 is 32.0 Å². The molecule has 1 unspecified atom stereocenters. The number of nitrogens with zero attached hydrogens (tertiary/aromatic N) is 1. The molecule has 1 amide bonds. The Morgan fingerprint density at radius 2 is 1.00 bits per heavy atom. The van der Waals surface area contributed by atoms with E-state index in [1.54, 1.807) is 0 Å². The average Bonchev–Trinajstić information content (AvgIpc) is 3.06. The van der Waals surface area contributed by atoms with Crippen molar-refractivity contribution in [1.29, 1.82) is 0 Å². The monoisotopic (exact) mass is 668 g/mol. The molecule has 280 valence electrons. The number of carbonyl (C=O) groups excluding carboxylic acids is 1. The normalized spacial score (nSPS) is 12.7. The number of hydrogen-bond donors (Lipinski definition) is 4. The highest BCUT2D eigenvalue weighted by molar-refractivity contribution is 5.81. The first kappa shape index (κ1) is 45.6. The van der Waals surface area contributed by atoms with Crippen molar-refractivity contribution in [2.75, 3.05) is 32.9 Å². The fourth-order valence-electron chi connectivity index (χ4n) is 5.97. The first-order valence-electron chi connectivity index (χ1n) is 20.3. The molecule has 0 aliphatic rings. The van der Waals surface area contributed by atoms with Crippen LogP contribution in [-0.4, -0.2) is 56.9 Å². The standard InChI is InChI=1S/C39H81N5O3/c1-3-5-7-9-11-13-15-16-17-18-19-20-21-23-25-27-32-46-35-36(34-44-38(45)37(40)30-29-31-43-39(41)42)47-33-28-26-24-22-14-12-10-8-6-4-2/h36-37H,3-35,40H2,1-2H3,(H,44,45)(H4,41,42,43)/t36?,37-/m0/s1. The van der Waals surface area contributed by atoms with Crippen molar-refractivity contribution in [2.24, 2.45) is 22.2 Å². The fourth-order valence-corrected chi connectivity index (χ4v) is 5.97. The zero-order valence-electron chi connectivity index (χ0n) is 31.4. The van der Waals surface area contributed by atoms with E-state index in [1.807, 2.05) is 0 Å². The average molecular weight is 668 g/mol. The maximum absolute atomic E-state index is 12.6. The highest BCUT2D eigenvalue weighted by Crippen LogP contribution is 2.14. The summed E-state index contributed by atoms with van der Waals surface area (Å²) >= 11 is 0. The first-order chi connectivity index (χ1) is 23.0. The predicted molar refractivity (Wildman–Crippen MR) is 203 cm³/mol. The number of nitrogens with two attached hydrogens (primary N) is 3. The van der Waals surface area contributed by atoms with Crippen molar-refractivity contribution in [2.45, 2.75) is 206 Å². The van der Waals surface area contributed by atoms with Crippen molar-refractivity contribution in [3.8, 4) is 0 Å². The second kappa shape index (κ2) is 37.4. The number of aliphatic imine (C=N–C) groups is 1. The molecule has 0 heterocycles. The molecule has 0 radical (unpaired) electrons. The maximum Gasteiger partial charge on any atom is 0.237 e. The molecule has 0 bridgehead atoms. The Kier molecular flexibility index (Phi) is 36.3. The molecule has 0 spiro atoms. The molecule has 7 N–H and O–H groups in total. The molecular formula is C39H81N5O3. The van der Waals surface area contributed by atoms with Crippen molar-refractivity contribution in [3.05, 3.63) is 0 Å². The number of ether oxygens (including phenoxy) is 2. The van der Waals surface area contributed by atoms with Crippen LogP contribution in [0.3, 0.4) is 0 Å². The third-order valence-electron chi connectivity index (χ3n) is 9.11. The summed E-state index contributed by atoms with van der Waals surface area (Å²) in [6, 6.07) is -0.585. The van der Waals surface area contributed by atoms with E-state index in [0.717, 1.165) is 19.4 Å². The van der Waals surface area contributed by atoms with E-state index in [2.05, 4.69) is 24.2 Å². The molecule has 0 rings (SSSR count). The summed E-state index contributed by atoms with van der Waals surface area (Å²) in [6.45, 7) is 7.38. The van der Waals surface area contributed by atoms with Crippen LogP contribution in [0.5, 0.6) is 0 Å². The summed E-state index contributed by atoms with van der Waals surface area (Å²) < 4.78 is 12.2. The summed E-state index contributed by atoms with van der Waals surface area (Å²) in [5.74, 6) is -0.106. The lowest BCUT2D eigenvalue weighted by atomic mass is 10.0. The van der Waals surface area contributed by atoms with Crippen molar-refractivity contribution in [3.63, 3.8) is 0 Å². The topological polar surface area (TPSA) is 138 Å². The zero-order chi connectivity index (χ0) is 34.5. The van der Waals surface area contributed by atoms with Crippen LogP contribution in [0.1, 0.15) is 194 Å². The molecule has 47 heavy (non-hydrogen) atoms. The number of hydrogen-bond acceptors (Lipinski definition) is 5. The molecule has 0 aliphatic carbocycles. The van der Waals surface area contributed by atoms with E-state index in [0.29, 0.717) is 39.1 Å². The van der Waals surface area contributed by atoms with Gasteiger partial charge in [0.05, 0.1) is 18.8 Å². The molecule has 0 saturated heterocycles. The van der Waals surface area contributed by atoms with Gasteiger partial charge in [-0.05, 0) is 25.7 Å². The number of unbranched alkanes of at least 4 members (excludes halogenated alkanes) is 24. The zero-order valence-corrected chi connectivity index (χ0v) is 31.4. The summed E-state index contributed by atoms with van der Waals surface area (Å²) in [5, 5.41) is 2.98. The van der Waals surface area contributed by atoms with E-state index in [1.165, 1.54) is 154 Å². The van der Waals surface area contributed by atoms with Gasteiger partial charge in [0.25, 0.3) is 0 Å². The van der Waals surface area contributed by atoms with Crippen molar-refractivity contribution < 1.29 is 14.3 Å². The third kappa shape index (κ3) is 35.7. The number of carbonyl (C=O) groups is 1. The van der Waals surface area contributed by atoms with Gasteiger partial charge in [0.2, 0.25) is 5.91 Å². The molecule has 8 heteroatoms. The van der Waals surface area contributed by atoms with Gasteiger partial charge in [-0.3, -0.25) is 9.79 Å². The molecule has 8 nitrogen and oxygen atoms in total. The van der Waals surface area contributed by atoms with Crippen LogP contribution in [0, 0.1) is 0 Å². The van der Waals surface area contributed by atoms with E-state index >= 15 is 0 Å². The number of amides is 1. The van der Waals surface area contributed by atoms with E-state index in [-0.39, 0.29) is 18.0 Å². The van der Waals surface area contributed by atoms with E-state index < -0.39 is 6.04 Å². The Balaban J connectivity index is 4.06. The van der Waals surface area contributed by atoms with Crippen molar-refractivity contribution in [1.82, 2.24) is 5.32 Å². The van der Waals surface area contributed by atoms with Gasteiger partial charge in [0.1, 0.15) is 0 Å². The molecule has 0 aromatic rings. The second-order valence-corrected chi connectivity index (χ2v) is 13.9. The minimum atomic E-state index is -0.585. The smallest absolute Gasteiger partial charge is 0.237 e. The molecule has 0 aromatic heterocycles. The molecule has 0 aliphatic heterocycles. The van der Waals surface area contributed by atoms with Crippen LogP contribution in [0.15, 0.2) is 4.99 Å². The third-order valence-corrected chi connectivity index (χ3v) is 9.11. The number of rotatable bonds is 38. The quantitative estimate of drug-likeness (QED) is 0.0294. The Hall–Kier alpha value is -1.38. The molecule has 2 atom stereocenters. The summed E-state index contributed by atoms with van der Waals surface area (Å²) in [7, 11) is 0. The summed E-state index contributed by atoms with van der Waals surface area (Å²) in [4.78, 5) is 16.5. The Morgan fingerprint density at radius 3 is 1.43 bits per heavy atom. The number of nitrogens with one attached hydrogen (secondary N) is 1. The lowest BCUT2D eigenvalue weighted by molar-refractivity contribution is -0.123. The van der Waals surface area contributed by atoms with Crippen LogP contribution in [0.4, 0.5) is 0 Å². The fraction of sp³-hybridized carbons (Fsp3) is 0.949. The van der Waals surface area contributed by atoms with Crippen LogP contribution in [0.25, 0.3) is 0 Å². The second-order valence-electron chi connectivity index (χ2n) is 13.9. The van der Waals surface area contributed by atoms with Gasteiger partial charge in [-0.1, -0.05) is 168 Å². The highest BCUT2D eigenvalue weighted by atomic mass is 16.5. The minimum absolute atomic E-state index is 0.0602. The largest absolute Gasteiger partial charge is 0.379 e. The van der Waals surface area contributed by atoms with Gasteiger partial charge in [-0.2, -0.15) is 0 Å². The predicted octanol–water partition coefficient (Wildman–Crippen LogP) is 9.07. The van der Waals surface area contributed by atoms with Crippen LogP contribution >= 0.6 is 0 Å². The highest BCUT2D eigenvalue weighted by Gasteiger charge is 2.16. The Morgan fingerprint density at radius 1 is 0.596 bits per heavy atom. The molecule has 0 fully saturated rings. The number of guanidine groups is 1. The molecular weight excluding hydrogens is 586 g/mol.